The van der Waals surface area contributed by atoms with Crippen molar-refractivity contribution in [3.8, 4) is 6.07 Å². The zero-order valence-electron chi connectivity index (χ0n) is 10.5. The van der Waals surface area contributed by atoms with Gasteiger partial charge in [0, 0.05) is 26.8 Å². The molecule has 0 amide bonds. The monoisotopic (exact) mass is 368 g/mol. The molecule has 0 saturated carbocycles. The van der Waals surface area contributed by atoms with Crippen LogP contribution in [0.3, 0.4) is 0 Å². The van der Waals surface area contributed by atoms with E-state index in [4.69, 9.17) is 28.5 Å². The second-order valence-electron chi connectivity index (χ2n) is 4.25. The Bertz CT molecular complexity index is 665. The fraction of sp³-hybridized carbons (Fsp3) is 0.133. The van der Waals surface area contributed by atoms with Crippen LogP contribution in [0.2, 0.25) is 10.0 Å². The molecule has 0 bridgehead atoms. The van der Waals surface area contributed by atoms with Crippen LogP contribution >= 0.6 is 39.1 Å². The van der Waals surface area contributed by atoms with Crippen molar-refractivity contribution in [1.82, 2.24) is 0 Å². The van der Waals surface area contributed by atoms with E-state index in [1.165, 1.54) is 0 Å². The van der Waals surface area contributed by atoms with E-state index in [1.807, 2.05) is 24.3 Å². The highest BCUT2D eigenvalue weighted by Crippen LogP contribution is 2.22. The average Bonchev–Trinajstić information content (AvgIpc) is 2.40. The first-order chi connectivity index (χ1) is 9.58. The first-order valence-electron chi connectivity index (χ1n) is 5.97. The van der Waals surface area contributed by atoms with Gasteiger partial charge in [-0.1, -0.05) is 45.2 Å². The van der Waals surface area contributed by atoms with Crippen LogP contribution in [0.4, 0.5) is 5.69 Å². The molecule has 2 nitrogen and oxygen atoms in total. The normalized spacial score (nSPS) is 10.1. The van der Waals surface area contributed by atoms with Crippen molar-refractivity contribution in [2.45, 2.75) is 6.42 Å². The summed E-state index contributed by atoms with van der Waals surface area (Å²) < 4.78 is 0.878. The molecule has 1 N–H and O–H groups in total. The summed E-state index contributed by atoms with van der Waals surface area (Å²) in [5.41, 5.74) is 2.56. The molecule has 20 heavy (non-hydrogen) atoms. The van der Waals surface area contributed by atoms with Gasteiger partial charge in [0.25, 0.3) is 0 Å². The van der Waals surface area contributed by atoms with Crippen LogP contribution in [0.1, 0.15) is 11.1 Å². The Kier molecular flexibility index (Phi) is 5.31. The number of nitriles is 1. The molecule has 0 unspecified atom stereocenters. The van der Waals surface area contributed by atoms with E-state index in [0.717, 1.165) is 28.7 Å². The van der Waals surface area contributed by atoms with E-state index in [-0.39, 0.29) is 0 Å². The summed E-state index contributed by atoms with van der Waals surface area (Å²) >= 11 is 15.4. The number of benzene rings is 2. The molecule has 2 aromatic carbocycles. The number of anilines is 1. The lowest BCUT2D eigenvalue weighted by Gasteiger charge is -2.09. The molecule has 0 fully saturated rings. The van der Waals surface area contributed by atoms with Crippen LogP contribution < -0.4 is 5.32 Å². The molecule has 5 heteroatoms. The zero-order valence-corrected chi connectivity index (χ0v) is 13.6. The number of hydrogen-bond donors (Lipinski definition) is 1. The van der Waals surface area contributed by atoms with E-state index in [0.29, 0.717) is 15.6 Å². The summed E-state index contributed by atoms with van der Waals surface area (Å²) in [4.78, 5) is 0. The summed E-state index contributed by atoms with van der Waals surface area (Å²) in [6.07, 6.45) is 0.782. The van der Waals surface area contributed by atoms with Crippen molar-refractivity contribution in [2.75, 3.05) is 11.9 Å². The van der Waals surface area contributed by atoms with Crippen LogP contribution in [-0.2, 0) is 6.42 Å². The van der Waals surface area contributed by atoms with E-state index in [9.17, 15) is 0 Å². The molecule has 2 rings (SSSR count). The maximum atomic E-state index is 8.92. The molecule has 0 aliphatic heterocycles. The second-order valence-corrected chi connectivity index (χ2v) is 6.01. The lowest BCUT2D eigenvalue weighted by atomic mass is 10.1. The van der Waals surface area contributed by atoms with Crippen molar-refractivity contribution in [1.29, 1.82) is 5.26 Å². The summed E-state index contributed by atoms with van der Waals surface area (Å²) in [6.45, 7) is 0.725. The second kappa shape index (κ2) is 6.99. The predicted molar refractivity (Wildman–Crippen MR) is 87.5 cm³/mol. The van der Waals surface area contributed by atoms with Crippen LogP contribution in [0, 0.1) is 11.3 Å². The smallest absolute Gasteiger partial charge is 0.0992 e. The minimum absolute atomic E-state index is 0.617. The molecule has 0 atom stereocenters. The molecule has 0 aliphatic carbocycles. The summed E-state index contributed by atoms with van der Waals surface area (Å²) in [7, 11) is 0. The molecule has 0 aliphatic rings. The van der Waals surface area contributed by atoms with Gasteiger partial charge in [-0.25, -0.2) is 0 Å². The molecule has 2 aromatic rings. The Labute approximate surface area is 136 Å². The highest BCUT2D eigenvalue weighted by molar-refractivity contribution is 9.10. The van der Waals surface area contributed by atoms with Crippen molar-refractivity contribution in [3.05, 3.63) is 62.0 Å². The first kappa shape index (κ1) is 15.2. The van der Waals surface area contributed by atoms with Crippen molar-refractivity contribution < 1.29 is 0 Å². The lowest BCUT2D eigenvalue weighted by Crippen LogP contribution is -2.05. The minimum atomic E-state index is 0.617. The van der Waals surface area contributed by atoms with Gasteiger partial charge < -0.3 is 5.32 Å². The third-order valence-corrected chi connectivity index (χ3v) is 3.81. The van der Waals surface area contributed by atoms with E-state index < -0.39 is 0 Å². The Morgan fingerprint density at radius 3 is 2.65 bits per heavy atom. The third-order valence-electron chi connectivity index (χ3n) is 2.77. The van der Waals surface area contributed by atoms with Crippen LogP contribution in [-0.4, -0.2) is 6.54 Å². The first-order valence-corrected chi connectivity index (χ1v) is 7.52. The van der Waals surface area contributed by atoms with Crippen molar-refractivity contribution in [2.24, 2.45) is 0 Å². The van der Waals surface area contributed by atoms with Gasteiger partial charge in [0.1, 0.15) is 0 Å². The van der Waals surface area contributed by atoms with Gasteiger partial charge in [-0.05, 0) is 42.3 Å². The SMILES string of the molecule is N#Cc1cc(Br)cc(NCCc2ccc(Cl)cc2Cl)c1. The van der Waals surface area contributed by atoms with Crippen LogP contribution in [0.15, 0.2) is 40.9 Å². The average molecular weight is 370 g/mol. The molecule has 0 radical (unpaired) electrons. The Hall–Kier alpha value is -1.21. The number of rotatable bonds is 4. The molecule has 0 saturated heterocycles. The Balaban J connectivity index is 1.99. The highest BCUT2D eigenvalue weighted by atomic mass is 79.9. The summed E-state index contributed by atoms with van der Waals surface area (Å²) in [5.74, 6) is 0. The van der Waals surface area contributed by atoms with Crippen molar-refractivity contribution in [3.63, 3.8) is 0 Å². The van der Waals surface area contributed by atoms with Crippen molar-refractivity contribution >= 4 is 44.8 Å². The van der Waals surface area contributed by atoms with Gasteiger partial charge in [-0.2, -0.15) is 5.26 Å². The fourth-order valence-electron chi connectivity index (χ4n) is 1.82. The fourth-order valence-corrected chi connectivity index (χ4v) is 2.82. The van der Waals surface area contributed by atoms with Gasteiger partial charge in [0.05, 0.1) is 11.6 Å². The van der Waals surface area contributed by atoms with E-state index >= 15 is 0 Å². The number of hydrogen-bond acceptors (Lipinski definition) is 2. The van der Waals surface area contributed by atoms with Gasteiger partial charge in [-0.15, -0.1) is 0 Å². The van der Waals surface area contributed by atoms with Gasteiger partial charge in [0.15, 0.2) is 0 Å². The zero-order chi connectivity index (χ0) is 14.5. The Morgan fingerprint density at radius 1 is 1.15 bits per heavy atom. The highest BCUT2D eigenvalue weighted by Gasteiger charge is 2.02. The standard InChI is InChI=1S/C15H11BrCl2N2/c16-12-5-10(9-19)6-14(7-12)20-4-3-11-1-2-13(17)8-15(11)18/h1-2,5-8,20H,3-4H2. The number of nitrogens with one attached hydrogen (secondary N) is 1. The quantitative estimate of drug-likeness (QED) is 0.795. The maximum Gasteiger partial charge on any atom is 0.0992 e. The number of nitrogens with zero attached hydrogens (tertiary/aromatic N) is 1. The van der Waals surface area contributed by atoms with Gasteiger partial charge >= 0.3 is 0 Å². The van der Waals surface area contributed by atoms with Gasteiger partial charge in [-0.3, -0.25) is 0 Å². The topological polar surface area (TPSA) is 35.8 Å². The maximum absolute atomic E-state index is 8.92. The molecule has 0 spiro atoms. The molecule has 0 aromatic heterocycles. The Morgan fingerprint density at radius 2 is 1.95 bits per heavy atom. The molecular formula is C15H11BrCl2N2. The van der Waals surface area contributed by atoms with Gasteiger partial charge in [0.2, 0.25) is 0 Å². The van der Waals surface area contributed by atoms with Crippen LogP contribution in [0.5, 0.6) is 0 Å². The largest absolute Gasteiger partial charge is 0.385 e. The summed E-state index contributed by atoms with van der Waals surface area (Å²) in [6, 6.07) is 13.1. The minimum Gasteiger partial charge on any atom is -0.385 e. The lowest BCUT2D eigenvalue weighted by molar-refractivity contribution is 1.02. The van der Waals surface area contributed by atoms with E-state index in [2.05, 4.69) is 27.3 Å². The molecule has 0 heterocycles. The predicted octanol–water partition coefficient (Wildman–Crippen LogP) is 5.28. The molecule has 102 valence electrons. The van der Waals surface area contributed by atoms with Crippen LogP contribution in [0.25, 0.3) is 0 Å². The van der Waals surface area contributed by atoms with E-state index in [1.54, 1.807) is 12.1 Å². The third kappa shape index (κ3) is 4.14. The summed E-state index contributed by atoms with van der Waals surface area (Å²) in [5, 5.41) is 13.5. The molecular weight excluding hydrogens is 359 g/mol. The number of halogens is 3.